The van der Waals surface area contributed by atoms with Gasteiger partial charge < -0.3 is 15.0 Å². The van der Waals surface area contributed by atoms with E-state index in [2.05, 4.69) is 19.2 Å². The van der Waals surface area contributed by atoms with Gasteiger partial charge in [0, 0.05) is 44.2 Å². The lowest BCUT2D eigenvalue weighted by Gasteiger charge is -2.33. The number of carbonyl (C=O) groups excluding carboxylic acids is 1. The van der Waals surface area contributed by atoms with Gasteiger partial charge in [0.05, 0.1) is 23.0 Å². The lowest BCUT2D eigenvalue weighted by atomic mass is 9.94. The number of morpholine rings is 1. The monoisotopic (exact) mass is 496 g/mol. The maximum atomic E-state index is 12.9. The smallest absolute Gasteiger partial charge is 0.293 e. The molecule has 2 saturated heterocycles. The maximum Gasteiger partial charge on any atom is 0.293 e. The highest BCUT2D eigenvalue weighted by Crippen LogP contribution is 2.34. The van der Waals surface area contributed by atoms with Gasteiger partial charge in [-0.25, -0.2) is 8.42 Å². The highest BCUT2D eigenvalue weighted by Gasteiger charge is 2.32. The summed E-state index contributed by atoms with van der Waals surface area (Å²) in [5, 5.41) is 14.9. The molecule has 1 aromatic rings. The van der Waals surface area contributed by atoms with Crippen molar-refractivity contribution < 1.29 is 22.9 Å². The summed E-state index contributed by atoms with van der Waals surface area (Å²) >= 11 is 0. The summed E-state index contributed by atoms with van der Waals surface area (Å²) in [4.78, 5) is 25.7. The van der Waals surface area contributed by atoms with Gasteiger partial charge in [-0.1, -0.05) is 13.8 Å². The van der Waals surface area contributed by atoms with E-state index in [1.54, 1.807) is 0 Å². The minimum atomic E-state index is -3.83. The Bertz CT molecular complexity index is 970. The van der Waals surface area contributed by atoms with Gasteiger partial charge in [-0.15, -0.1) is 0 Å². The van der Waals surface area contributed by atoms with E-state index in [0.29, 0.717) is 50.8 Å². The molecule has 0 aromatic heterocycles. The SMILES string of the molecule is CC(C)CCC(C)NC(=O)C1CCN(c2ccc(S(=O)(=O)N3CCOCC3)cc2[N+](=O)[O-])CC1. The van der Waals surface area contributed by atoms with Gasteiger partial charge in [0.2, 0.25) is 15.9 Å². The molecule has 1 N–H and O–H groups in total. The molecule has 2 fully saturated rings. The highest BCUT2D eigenvalue weighted by atomic mass is 32.2. The van der Waals surface area contributed by atoms with E-state index in [9.17, 15) is 23.3 Å². The van der Waals surface area contributed by atoms with Crippen LogP contribution < -0.4 is 10.2 Å². The van der Waals surface area contributed by atoms with Crippen molar-refractivity contribution in [1.29, 1.82) is 0 Å². The number of sulfonamides is 1. The van der Waals surface area contributed by atoms with Crippen LogP contribution in [0.2, 0.25) is 0 Å². The Morgan fingerprint density at radius 2 is 1.79 bits per heavy atom. The molecule has 2 aliphatic rings. The minimum absolute atomic E-state index is 0.0392. The number of anilines is 1. The number of hydrogen-bond donors (Lipinski definition) is 1. The normalized spacial score (nSPS) is 19.2. The minimum Gasteiger partial charge on any atom is -0.379 e. The van der Waals surface area contributed by atoms with E-state index in [4.69, 9.17) is 4.74 Å². The first-order valence-electron chi connectivity index (χ1n) is 12.0. The number of ether oxygens (including phenoxy) is 1. The summed E-state index contributed by atoms with van der Waals surface area (Å²) in [5.74, 6) is 0.503. The van der Waals surface area contributed by atoms with Crippen molar-refractivity contribution in [2.45, 2.75) is 57.4 Å². The fraction of sp³-hybridized carbons (Fsp3) is 0.696. The van der Waals surface area contributed by atoms with Gasteiger partial charge in [0.1, 0.15) is 5.69 Å². The Kier molecular flexibility index (Phi) is 8.89. The first-order valence-corrected chi connectivity index (χ1v) is 13.4. The maximum absolute atomic E-state index is 12.9. The average molecular weight is 497 g/mol. The molecule has 3 rings (SSSR count). The number of nitrogens with zero attached hydrogens (tertiary/aromatic N) is 3. The zero-order valence-electron chi connectivity index (χ0n) is 20.2. The third-order valence-electron chi connectivity index (χ3n) is 6.52. The number of rotatable bonds is 9. The van der Waals surface area contributed by atoms with E-state index in [0.717, 1.165) is 18.9 Å². The second-order valence-corrected chi connectivity index (χ2v) is 11.5. The van der Waals surface area contributed by atoms with Crippen LogP contribution in [0.1, 0.15) is 46.5 Å². The molecule has 11 heteroatoms. The van der Waals surface area contributed by atoms with Crippen LogP contribution in [0.15, 0.2) is 23.1 Å². The second kappa shape index (κ2) is 11.5. The van der Waals surface area contributed by atoms with Crippen molar-refractivity contribution in [3.05, 3.63) is 28.3 Å². The standard InChI is InChI=1S/C23H36N4O6S/c1-17(2)4-5-18(3)24-23(28)19-8-10-25(11-9-19)21-7-6-20(16-22(21)27(29)30)34(31,32)26-12-14-33-15-13-26/h6-7,16-19H,4-5,8-15H2,1-3H3,(H,24,28). The molecular weight excluding hydrogens is 460 g/mol. The largest absolute Gasteiger partial charge is 0.379 e. The summed E-state index contributed by atoms with van der Waals surface area (Å²) < 4.78 is 32.4. The van der Waals surface area contributed by atoms with Crippen LogP contribution in [0.3, 0.4) is 0 Å². The third-order valence-corrected chi connectivity index (χ3v) is 8.42. The van der Waals surface area contributed by atoms with Crippen LogP contribution in [-0.4, -0.2) is 69.0 Å². The molecule has 0 bridgehead atoms. The van der Waals surface area contributed by atoms with Crippen LogP contribution >= 0.6 is 0 Å². The van der Waals surface area contributed by atoms with E-state index in [1.165, 1.54) is 16.4 Å². The number of benzene rings is 1. The van der Waals surface area contributed by atoms with Gasteiger partial charge >= 0.3 is 0 Å². The molecule has 2 aliphatic heterocycles. The van der Waals surface area contributed by atoms with E-state index in [-0.39, 0.29) is 41.5 Å². The quantitative estimate of drug-likeness (QED) is 0.412. The number of nitro groups is 1. The molecule has 2 heterocycles. The number of hydrogen-bond acceptors (Lipinski definition) is 7. The highest BCUT2D eigenvalue weighted by molar-refractivity contribution is 7.89. The van der Waals surface area contributed by atoms with Gasteiger partial charge in [0.25, 0.3) is 5.69 Å². The fourth-order valence-corrected chi connectivity index (χ4v) is 5.84. The molecule has 0 aliphatic carbocycles. The van der Waals surface area contributed by atoms with Crippen molar-refractivity contribution in [2.24, 2.45) is 11.8 Å². The number of amides is 1. The molecule has 34 heavy (non-hydrogen) atoms. The van der Waals surface area contributed by atoms with Gasteiger partial charge in [-0.05, 0) is 50.7 Å². The summed E-state index contributed by atoms with van der Waals surface area (Å²) in [7, 11) is -3.83. The van der Waals surface area contributed by atoms with Crippen molar-refractivity contribution in [3.8, 4) is 0 Å². The van der Waals surface area contributed by atoms with Gasteiger partial charge in [0.15, 0.2) is 0 Å². The molecule has 1 amide bonds. The van der Waals surface area contributed by atoms with Crippen molar-refractivity contribution in [1.82, 2.24) is 9.62 Å². The number of nitrogens with one attached hydrogen (secondary N) is 1. The van der Waals surface area contributed by atoms with Crippen molar-refractivity contribution in [2.75, 3.05) is 44.3 Å². The lowest BCUT2D eigenvalue weighted by molar-refractivity contribution is -0.384. The Morgan fingerprint density at radius 3 is 2.38 bits per heavy atom. The van der Waals surface area contributed by atoms with Crippen LogP contribution in [0.5, 0.6) is 0 Å². The number of piperidine rings is 1. The molecule has 1 atom stereocenters. The van der Waals surface area contributed by atoms with Crippen molar-refractivity contribution >= 4 is 27.3 Å². The van der Waals surface area contributed by atoms with Gasteiger partial charge in [-0.2, -0.15) is 4.31 Å². The van der Waals surface area contributed by atoms with Crippen LogP contribution in [0, 0.1) is 22.0 Å². The first-order chi connectivity index (χ1) is 16.1. The van der Waals surface area contributed by atoms with Crippen molar-refractivity contribution in [3.63, 3.8) is 0 Å². The fourth-order valence-electron chi connectivity index (χ4n) is 4.41. The Hall–Kier alpha value is -2.24. The van der Waals surface area contributed by atoms with E-state index < -0.39 is 14.9 Å². The lowest BCUT2D eigenvalue weighted by Crippen LogP contribution is -2.43. The second-order valence-electron chi connectivity index (χ2n) is 9.57. The molecule has 1 unspecified atom stereocenters. The first kappa shape index (κ1) is 26.4. The molecule has 10 nitrogen and oxygen atoms in total. The molecule has 1 aromatic carbocycles. The van der Waals surface area contributed by atoms with Crippen LogP contribution in [-0.2, 0) is 19.6 Å². The predicted molar refractivity (Wildman–Crippen MR) is 129 cm³/mol. The third kappa shape index (κ3) is 6.45. The molecule has 0 radical (unpaired) electrons. The van der Waals surface area contributed by atoms with E-state index in [1.807, 2.05) is 11.8 Å². The molecule has 0 saturated carbocycles. The number of nitro benzene ring substituents is 1. The molecule has 190 valence electrons. The molecular formula is C23H36N4O6S. The Morgan fingerprint density at radius 1 is 1.15 bits per heavy atom. The predicted octanol–water partition coefficient (Wildman–Crippen LogP) is 2.77. The zero-order valence-corrected chi connectivity index (χ0v) is 21.1. The van der Waals surface area contributed by atoms with Crippen LogP contribution in [0.4, 0.5) is 11.4 Å². The summed E-state index contributed by atoms with van der Waals surface area (Å²) in [6.07, 6.45) is 3.18. The van der Waals surface area contributed by atoms with Crippen LogP contribution in [0.25, 0.3) is 0 Å². The summed E-state index contributed by atoms with van der Waals surface area (Å²) in [6, 6.07) is 4.22. The topological polar surface area (TPSA) is 122 Å². The van der Waals surface area contributed by atoms with Gasteiger partial charge in [-0.3, -0.25) is 14.9 Å². The number of carbonyl (C=O) groups is 1. The molecule has 0 spiro atoms. The summed E-state index contributed by atoms with van der Waals surface area (Å²) in [5.41, 5.74) is 0.148. The Labute approximate surface area is 201 Å². The Balaban J connectivity index is 1.66. The average Bonchev–Trinajstić information content (AvgIpc) is 2.83. The zero-order chi connectivity index (χ0) is 24.9. The summed E-state index contributed by atoms with van der Waals surface area (Å²) in [6.45, 7) is 8.39. The van der Waals surface area contributed by atoms with E-state index >= 15 is 0 Å².